The van der Waals surface area contributed by atoms with Crippen molar-refractivity contribution >= 4 is 23.3 Å². The van der Waals surface area contributed by atoms with E-state index < -0.39 is 11.9 Å². The molecule has 0 radical (unpaired) electrons. The standard InChI is InChI=1S/C9H10O4S/c1-4-6(8(10)11)5(2)14-7(4)9(12)13-3/h1-3H3,(H,10,11). The molecule has 14 heavy (non-hydrogen) atoms. The Hall–Kier alpha value is -1.36. The van der Waals surface area contributed by atoms with Crippen LogP contribution >= 0.6 is 11.3 Å². The summed E-state index contributed by atoms with van der Waals surface area (Å²) in [5, 5.41) is 8.87. The van der Waals surface area contributed by atoms with Gasteiger partial charge in [-0.15, -0.1) is 11.3 Å². The molecule has 0 unspecified atom stereocenters. The van der Waals surface area contributed by atoms with Crippen molar-refractivity contribution in [3.63, 3.8) is 0 Å². The van der Waals surface area contributed by atoms with Crippen molar-refractivity contribution in [2.75, 3.05) is 7.11 Å². The summed E-state index contributed by atoms with van der Waals surface area (Å²) in [4.78, 5) is 23.0. The second-order valence-electron chi connectivity index (χ2n) is 2.78. The van der Waals surface area contributed by atoms with Crippen molar-refractivity contribution in [2.45, 2.75) is 13.8 Å². The van der Waals surface area contributed by atoms with Crippen LogP contribution in [0.4, 0.5) is 0 Å². The van der Waals surface area contributed by atoms with Crippen LogP contribution in [0.5, 0.6) is 0 Å². The molecule has 0 aliphatic heterocycles. The van der Waals surface area contributed by atoms with Gasteiger partial charge in [0.15, 0.2) is 0 Å². The minimum absolute atomic E-state index is 0.204. The lowest BCUT2D eigenvalue weighted by Crippen LogP contribution is -2.03. The molecule has 0 aliphatic carbocycles. The maximum absolute atomic E-state index is 11.2. The van der Waals surface area contributed by atoms with E-state index in [9.17, 15) is 9.59 Å². The Kier molecular flexibility index (Phi) is 2.90. The molecular weight excluding hydrogens is 204 g/mol. The van der Waals surface area contributed by atoms with Crippen molar-refractivity contribution in [3.05, 3.63) is 20.9 Å². The highest BCUT2D eigenvalue weighted by molar-refractivity contribution is 7.14. The van der Waals surface area contributed by atoms with Crippen LogP contribution in [0.15, 0.2) is 0 Å². The maximum Gasteiger partial charge on any atom is 0.348 e. The lowest BCUT2D eigenvalue weighted by Gasteiger charge is -1.96. The number of aryl methyl sites for hydroxylation is 1. The molecule has 0 bridgehead atoms. The maximum atomic E-state index is 11.2. The minimum Gasteiger partial charge on any atom is -0.478 e. The second kappa shape index (κ2) is 3.79. The van der Waals surface area contributed by atoms with E-state index in [1.165, 1.54) is 7.11 Å². The van der Waals surface area contributed by atoms with E-state index in [0.29, 0.717) is 15.3 Å². The average Bonchev–Trinajstić information content (AvgIpc) is 2.40. The van der Waals surface area contributed by atoms with Gasteiger partial charge < -0.3 is 9.84 Å². The van der Waals surface area contributed by atoms with Gasteiger partial charge in [-0.3, -0.25) is 0 Å². The molecule has 0 saturated heterocycles. The number of aromatic carboxylic acids is 1. The number of rotatable bonds is 2. The summed E-state index contributed by atoms with van der Waals surface area (Å²) >= 11 is 1.15. The number of carbonyl (C=O) groups is 2. The number of hydrogen-bond acceptors (Lipinski definition) is 4. The van der Waals surface area contributed by atoms with Crippen LogP contribution in [-0.4, -0.2) is 24.2 Å². The average molecular weight is 214 g/mol. The fraction of sp³-hybridized carbons (Fsp3) is 0.333. The van der Waals surface area contributed by atoms with Gasteiger partial charge in [0, 0.05) is 4.88 Å². The molecular formula is C9H10O4S. The summed E-state index contributed by atoms with van der Waals surface area (Å²) in [6, 6.07) is 0. The number of methoxy groups -OCH3 is 1. The summed E-state index contributed by atoms with van der Waals surface area (Å²) in [6.07, 6.45) is 0. The normalized spacial score (nSPS) is 9.93. The monoisotopic (exact) mass is 214 g/mol. The highest BCUT2D eigenvalue weighted by Gasteiger charge is 2.22. The first-order chi connectivity index (χ1) is 6.49. The summed E-state index contributed by atoms with van der Waals surface area (Å²) in [5.41, 5.74) is 0.683. The van der Waals surface area contributed by atoms with Gasteiger partial charge in [0.2, 0.25) is 0 Å². The summed E-state index contributed by atoms with van der Waals surface area (Å²) in [7, 11) is 1.28. The summed E-state index contributed by atoms with van der Waals surface area (Å²) < 4.78 is 4.54. The zero-order valence-corrected chi connectivity index (χ0v) is 8.90. The molecule has 4 nitrogen and oxygen atoms in total. The van der Waals surface area contributed by atoms with Crippen molar-refractivity contribution < 1.29 is 19.4 Å². The van der Waals surface area contributed by atoms with E-state index in [2.05, 4.69) is 4.74 Å². The molecule has 0 fully saturated rings. The lowest BCUT2D eigenvalue weighted by atomic mass is 10.1. The van der Waals surface area contributed by atoms with Gasteiger partial charge in [-0.2, -0.15) is 0 Å². The van der Waals surface area contributed by atoms with Gasteiger partial charge in [-0.25, -0.2) is 9.59 Å². The fourth-order valence-electron chi connectivity index (χ4n) is 1.26. The Balaban J connectivity index is 3.30. The predicted octanol–water partition coefficient (Wildman–Crippen LogP) is 1.85. The molecule has 1 heterocycles. The van der Waals surface area contributed by atoms with Gasteiger partial charge in [0.25, 0.3) is 0 Å². The Morgan fingerprint density at radius 2 is 1.93 bits per heavy atom. The first-order valence-electron chi connectivity index (χ1n) is 3.90. The van der Waals surface area contributed by atoms with Crippen LogP contribution in [0, 0.1) is 13.8 Å². The van der Waals surface area contributed by atoms with E-state index >= 15 is 0 Å². The van der Waals surface area contributed by atoms with Gasteiger partial charge in [-0.1, -0.05) is 0 Å². The third kappa shape index (κ3) is 1.63. The number of carbonyl (C=O) groups excluding carboxylic acids is 1. The molecule has 5 heteroatoms. The number of hydrogen-bond donors (Lipinski definition) is 1. The molecule has 1 aromatic rings. The number of carboxylic acids is 1. The highest BCUT2D eigenvalue weighted by Crippen LogP contribution is 2.27. The van der Waals surface area contributed by atoms with Crippen molar-refractivity contribution in [1.82, 2.24) is 0 Å². The van der Waals surface area contributed by atoms with Crippen molar-refractivity contribution in [3.8, 4) is 0 Å². The molecule has 0 amide bonds. The predicted molar refractivity (Wildman–Crippen MR) is 52.1 cm³/mol. The van der Waals surface area contributed by atoms with Crippen molar-refractivity contribution in [2.24, 2.45) is 0 Å². The zero-order valence-electron chi connectivity index (χ0n) is 8.08. The largest absolute Gasteiger partial charge is 0.478 e. The molecule has 0 aromatic carbocycles. The van der Waals surface area contributed by atoms with E-state index in [1.807, 2.05) is 0 Å². The fourth-order valence-corrected chi connectivity index (χ4v) is 2.33. The van der Waals surface area contributed by atoms with Crippen molar-refractivity contribution in [1.29, 1.82) is 0 Å². The van der Waals surface area contributed by atoms with Gasteiger partial charge in [-0.05, 0) is 19.4 Å². The quantitative estimate of drug-likeness (QED) is 0.763. The zero-order chi connectivity index (χ0) is 10.9. The van der Waals surface area contributed by atoms with Gasteiger partial charge >= 0.3 is 11.9 Å². The molecule has 0 spiro atoms. The summed E-state index contributed by atoms with van der Waals surface area (Å²) in [6.45, 7) is 3.28. The first-order valence-corrected chi connectivity index (χ1v) is 4.72. The number of esters is 1. The first kappa shape index (κ1) is 10.7. The van der Waals surface area contributed by atoms with E-state index in [-0.39, 0.29) is 5.56 Å². The van der Waals surface area contributed by atoms with E-state index in [0.717, 1.165) is 11.3 Å². The molecule has 1 aromatic heterocycles. The smallest absolute Gasteiger partial charge is 0.348 e. The van der Waals surface area contributed by atoms with E-state index in [4.69, 9.17) is 5.11 Å². The molecule has 0 saturated carbocycles. The third-order valence-electron chi connectivity index (χ3n) is 1.91. The highest BCUT2D eigenvalue weighted by atomic mass is 32.1. The lowest BCUT2D eigenvalue weighted by molar-refractivity contribution is 0.0605. The minimum atomic E-state index is -1.01. The molecule has 1 rings (SSSR count). The van der Waals surface area contributed by atoms with Crippen LogP contribution < -0.4 is 0 Å². The molecule has 0 aliphatic rings. The van der Waals surface area contributed by atoms with Gasteiger partial charge in [0.1, 0.15) is 4.88 Å². The third-order valence-corrected chi connectivity index (χ3v) is 3.09. The van der Waals surface area contributed by atoms with Gasteiger partial charge in [0.05, 0.1) is 12.7 Å². The number of thiophene rings is 1. The molecule has 1 N–H and O–H groups in total. The van der Waals surface area contributed by atoms with Crippen LogP contribution in [0.1, 0.15) is 30.5 Å². The van der Waals surface area contributed by atoms with Crippen LogP contribution in [0.25, 0.3) is 0 Å². The SMILES string of the molecule is COC(=O)c1sc(C)c(C(=O)O)c1C. The van der Waals surface area contributed by atoms with Crippen LogP contribution in [0.3, 0.4) is 0 Å². The Labute approximate surface area is 85.1 Å². The summed E-state index contributed by atoms with van der Waals surface area (Å²) in [5.74, 6) is -1.49. The number of carboxylic acid groups (broad SMARTS) is 1. The molecule has 0 atom stereocenters. The number of ether oxygens (including phenoxy) is 1. The van der Waals surface area contributed by atoms with Crippen LogP contribution in [0.2, 0.25) is 0 Å². The Morgan fingerprint density at radius 3 is 2.29 bits per heavy atom. The van der Waals surface area contributed by atoms with E-state index in [1.54, 1.807) is 13.8 Å². The topological polar surface area (TPSA) is 63.6 Å². The Morgan fingerprint density at radius 1 is 1.36 bits per heavy atom. The second-order valence-corrected chi connectivity index (χ2v) is 4.01. The molecule has 76 valence electrons. The van der Waals surface area contributed by atoms with Crippen LogP contribution in [-0.2, 0) is 4.74 Å². The Bertz CT molecular complexity index is 392.